The van der Waals surface area contributed by atoms with Crippen molar-refractivity contribution >= 4 is 5.91 Å². The molecule has 1 saturated carbocycles. The summed E-state index contributed by atoms with van der Waals surface area (Å²) in [6.07, 6.45) is 7.88. The Bertz CT molecular complexity index is 735. The van der Waals surface area contributed by atoms with Gasteiger partial charge in [-0.05, 0) is 25.3 Å². The zero-order chi connectivity index (χ0) is 17.9. The standard InChI is InChI=1S/C21H27N3O2/c1-15(16-9-7-4-8-10-16)24-14-18(13-19(24)25)21-22-20(23-26-21)17-11-5-2-3-6-12-17/h4,7-10,15,17-18H,2-3,5-6,11-14H2,1H3. The van der Waals surface area contributed by atoms with E-state index in [-0.39, 0.29) is 17.9 Å². The van der Waals surface area contributed by atoms with Crippen LogP contribution in [-0.4, -0.2) is 27.5 Å². The lowest BCUT2D eigenvalue weighted by Gasteiger charge is -2.24. The first kappa shape index (κ1) is 17.3. The summed E-state index contributed by atoms with van der Waals surface area (Å²) in [4.78, 5) is 19.2. The fourth-order valence-corrected chi connectivity index (χ4v) is 4.30. The molecule has 2 fully saturated rings. The molecule has 0 N–H and O–H groups in total. The third-order valence-corrected chi connectivity index (χ3v) is 5.93. The first-order valence-electron chi connectivity index (χ1n) is 9.90. The van der Waals surface area contributed by atoms with Crippen LogP contribution in [0.1, 0.15) is 87.0 Å². The minimum absolute atomic E-state index is 0.0145. The van der Waals surface area contributed by atoms with Crippen LogP contribution in [0.3, 0.4) is 0 Å². The first-order chi connectivity index (χ1) is 12.7. The lowest BCUT2D eigenvalue weighted by Crippen LogP contribution is -2.28. The number of aromatic nitrogens is 2. The summed E-state index contributed by atoms with van der Waals surface area (Å²) < 4.78 is 5.58. The zero-order valence-corrected chi connectivity index (χ0v) is 15.4. The minimum Gasteiger partial charge on any atom is -0.339 e. The summed E-state index contributed by atoms with van der Waals surface area (Å²) in [5.74, 6) is 2.09. The van der Waals surface area contributed by atoms with Crippen LogP contribution in [-0.2, 0) is 4.79 Å². The Morgan fingerprint density at radius 3 is 2.54 bits per heavy atom. The monoisotopic (exact) mass is 353 g/mol. The number of nitrogens with zero attached hydrogens (tertiary/aromatic N) is 3. The molecule has 0 radical (unpaired) electrons. The molecule has 1 aliphatic heterocycles. The fraction of sp³-hybridized carbons (Fsp3) is 0.571. The molecule has 26 heavy (non-hydrogen) atoms. The van der Waals surface area contributed by atoms with Gasteiger partial charge >= 0.3 is 0 Å². The van der Waals surface area contributed by atoms with Crippen LogP contribution >= 0.6 is 0 Å². The second-order valence-electron chi connectivity index (χ2n) is 7.71. The van der Waals surface area contributed by atoms with Crippen molar-refractivity contribution in [2.24, 2.45) is 0 Å². The van der Waals surface area contributed by atoms with Gasteiger partial charge in [0.2, 0.25) is 11.8 Å². The normalized spacial score (nSPS) is 23.2. The van der Waals surface area contributed by atoms with Crippen LogP contribution in [0.25, 0.3) is 0 Å². The third kappa shape index (κ3) is 3.53. The van der Waals surface area contributed by atoms with Crippen molar-refractivity contribution in [2.45, 2.75) is 69.7 Å². The number of rotatable bonds is 4. The van der Waals surface area contributed by atoms with E-state index in [1.165, 1.54) is 25.7 Å². The second kappa shape index (κ2) is 7.60. The summed E-state index contributed by atoms with van der Waals surface area (Å²) in [5, 5.41) is 4.26. The maximum Gasteiger partial charge on any atom is 0.232 e. The highest BCUT2D eigenvalue weighted by Crippen LogP contribution is 2.35. The van der Waals surface area contributed by atoms with Gasteiger partial charge in [-0.25, -0.2) is 0 Å². The molecular weight excluding hydrogens is 326 g/mol. The molecule has 5 heteroatoms. The molecule has 2 atom stereocenters. The van der Waals surface area contributed by atoms with Crippen molar-refractivity contribution in [1.82, 2.24) is 15.0 Å². The predicted molar refractivity (Wildman–Crippen MR) is 98.7 cm³/mol. The van der Waals surface area contributed by atoms with Gasteiger partial charge in [0, 0.05) is 18.9 Å². The topological polar surface area (TPSA) is 59.2 Å². The highest BCUT2D eigenvalue weighted by molar-refractivity contribution is 5.80. The Hall–Kier alpha value is -2.17. The highest BCUT2D eigenvalue weighted by Gasteiger charge is 2.37. The Kier molecular flexibility index (Phi) is 5.05. The number of likely N-dealkylation sites (tertiary alicyclic amines) is 1. The Labute approximate surface area is 154 Å². The molecule has 1 aromatic heterocycles. The molecule has 2 heterocycles. The molecule has 2 aliphatic rings. The van der Waals surface area contributed by atoms with Gasteiger partial charge in [0.25, 0.3) is 0 Å². The molecule has 2 aromatic rings. The van der Waals surface area contributed by atoms with Crippen LogP contribution in [0, 0.1) is 0 Å². The van der Waals surface area contributed by atoms with Gasteiger partial charge in [-0.2, -0.15) is 4.98 Å². The van der Waals surface area contributed by atoms with E-state index in [0.29, 0.717) is 24.8 Å². The first-order valence-corrected chi connectivity index (χ1v) is 9.90. The fourth-order valence-electron chi connectivity index (χ4n) is 4.30. The Balaban J connectivity index is 1.45. The average Bonchev–Trinajstić information content (AvgIpc) is 3.21. The van der Waals surface area contributed by atoms with Gasteiger partial charge in [0.1, 0.15) is 0 Å². The van der Waals surface area contributed by atoms with Crippen molar-refractivity contribution in [3.63, 3.8) is 0 Å². The number of hydrogen-bond donors (Lipinski definition) is 0. The van der Waals surface area contributed by atoms with Crippen LogP contribution in [0.5, 0.6) is 0 Å². The van der Waals surface area contributed by atoms with E-state index in [2.05, 4.69) is 24.2 Å². The second-order valence-corrected chi connectivity index (χ2v) is 7.71. The van der Waals surface area contributed by atoms with Gasteiger partial charge in [-0.1, -0.05) is 61.2 Å². The van der Waals surface area contributed by atoms with E-state index in [4.69, 9.17) is 9.51 Å². The average molecular weight is 353 g/mol. The summed E-state index contributed by atoms with van der Waals surface area (Å²) in [7, 11) is 0. The van der Waals surface area contributed by atoms with E-state index >= 15 is 0 Å². The van der Waals surface area contributed by atoms with Gasteiger partial charge in [-0.3, -0.25) is 4.79 Å². The smallest absolute Gasteiger partial charge is 0.232 e. The molecule has 2 unspecified atom stereocenters. The SMILES string of the molecule is CC(c1ccccc1)N1CC(c2nc(C3CCCCCC3)no2)CC1=O. The minimum atomic E-state index is 0.0145. The quantitative estimate of drug-likeness (QED) is 0.755. The van der Waals surface area contributed by atoms with E-state index in [1.54, 1.807) is 0 Å². The lowest BCUT2D eigenvalue weighted by molar-refractivity contribution is -0.129. The van der Waals surface area contributed by atoms with E-state index < -0.39 is 0 Å². The van der Waals surface area contributed by atoms with Crippen LogP contribution in [0.4, 0.5) is 0 Å². The van der Waals surface area contributed by atoms with Crippen molar-refractivity contribution in [3.8, 4) is 0 Å². The number of benzene rings is 1. The van der Waals surface area contributed by atoms with Gasteiger partial charge in [-0.15, -0.1) is 0 Å². The van der Waals surface area contributed by atoms with Crippen LogP contribution in [0.15, 0.2) is 34.9 Å². The van der Waals surface area contributed by atoms with Crippen molar-refractivity contribution in [1.29, 1.82) is 0 Å². The number of carbonyl (C=O) groups excluding carboxylic acids is 1. The summed E-state index contributed by atoms with van der Waals surface area (Å²) in [6, 6.07) is 10.2. The molecular formula is C21H27N3O2. The molecule has 138 valence electrons. The summed E-state index contributed by atoms with van der Waals surface area (Å²) in [6.45, 7) is 2.74. The molecule has 1 aliphatic carbocycles. The molecule has 5 nitrogen and oxygen atoms in total. The Morgan fingerprint density at radius 1 is 1.08 bits per heavy atom. The maximum atomic E-state index is 12.6. The molecule has 0 spiro atoms. The van der Waals surface area contributed by atoms with Gasteiger partial charge < -0.3 is 9.42 Å². The van der Waals surface area contributed by atoms with Crippen molar-refractivity contribution in [2.75, 3.05) is 6.54 Å². The predicted octanol–water partition coefficient (Wildman–Crippen LogP) is 4.58. The lowest BCUT2D eigenvalue weighted by atomic mass is 10.00. The van der Waals surface area contributed by atoms with Crippen LogP contribution < -0.4 is 0 Å². The third-order valence-electron chi connectivity index (χ3n) is 5.93. The zero-order valence-electron chi connectivity index (χ0n) is 15.4. The summed E-state index contributed by atoms with van der Waals surface area (Å²) >= 11 is 0. The maximum absolute atomic E-state index is 12.6. The highest BCUT2D eigenvalue weighted by atomic mass is 16.5. The molecule has 1 saturated heterocycles. The molecule has 0 bridgehead atoms. The van der Waals surface area contributed by atoms with E-state index in [9.17, 15) is 4.79 Å². The van der Waals surface area contributed by atoms with Gasteiger partial charge in [0.05, 0.1) is 12.0 Å². The number of carbonyl (C=O) groups is 1. The Morgan fingerprint density at radius 2 is 1.81 bits per heavy atom. The summed E-state index contributed by atoms with van der Waals surface area (Å²) in [5.41, 5.74) is 1.16. The molecule has 1 aromatic carbocycles. The molecule has 4 rings (SSSR count). The number of amides is 1. The van der Waals surface area contributed by atoms with Crippen molar-refractivity contribution in [3.05, 3.63) is 47.6 Å². The van der Waals surface area contributed by atoms with Gasteiger partial charge in [0.15, 0.2) is 5.82 Å². The number of hydrogen-bond acceptors (Lipinski definition) is 4. The molecule has 1 amide bonds. The largest absolute Gasteiger partial charge is 0.339 e. The van der Waals surface area contributed by atoms with Crippen LogP contribution in [0.2, 0.25) is 0 Å². The van der Waals surface area contributed by atoms with E-state index in [0.717, 1.165) is 24.2 Å². The van der Waals surface area contributed by atoms with E-state index in [1.807, 2.05) is 23.1 Å². The van der Waals surface area contributed by atoms with Crippen molar-refractivity contribution < 1.29 is 9.32 Å².